The fourth-order valence-corrected chi connectivity index (χ4v) is 5.30. The molecule has 1 fully saturated rings. The SMILES string of the molecule is CC(C)NC(=O)c1ccc(F)c(-c2ccc3cnc(Nc4cnccc4[C@@H]4C[C@H](C)C[C@H](N)C4)n3n2)c1F. The Labute approximate surface area is 219 Å². The van der Waals surface area contributed by atoms with E-state index in [0.717, 1.165) is 42.6 Å². The molecular formula is C28H31F2N7O. The minimum absolute atomic E-state index is 0.0336. The highest BCUT2D eigenvalue weighted by molar-refractivity contribution is 5.96. The van der Waals surface area contributed by atoms with E-state index < -0.39 is 17.5 Å². The van der Waals surface area contributed by atoms with Crippen LogP contribution in [0.25, 0.3) is 16.8 Å². The minimum atomic E-state index is -0.970. The third-order valence-electron chi connectivity index (χ3n) is 6.92. The highest BCUT2D eigenvalue weighted by atomic mass is 19.1. The number of amides is 1. The van der Waals surface area contributed by atoms with Crippen LogP contribution in [-0.2, 0) is 0 Å². The van der Waals surface area contributed by atoms with Gasteiger partial charge in [-0.15, -0.1) is 0 Å². The average Bonchev–Trinajstić information content (AvgIpc) is 3.25. The van der Waals surface area contributed by atoms with Crippen LogP contribution in [0.15, 0.2) is 48.9 Å². The van der Waals surface area contributed by atoms with Crippen LogP contribution >= 0.6 is 0 Å². The highest BCUT2D eigenvalue weighted by Gasteiger charge is 2.27. The summed E-state index contributed by atoms with van der Waals surface area (Å²) in [6, 6.07) is 7.32. The molecule has 1 saturated carbocycles. The molecule has 1 aliphatic carbocycles. The highest BCUT2D eigenvalue weighted by Crippen LogP contribution is 2.39. The molecule has 4 aromatic rings. The van der Waals surface area contributed by atoms with Crippen molar-refractivity contribution in [2.75, 3.05) is 5.32 Å². The van der Waals surface area contributed by atoms with Gasteiger partial charge in [0.15, 0.2) is 0 Å². The predicted octanol–water partition coefficient (Wildman–Crippen LogP) is 5.18. The molecule has 0 radical (unpaired) electrons. The van der Waals surface area contributed by atoms with Gasteiger partial charge in [0.1, 0.15) is 11.6 Å². The molecule has 5 rings (SSSR count). The topological polar surface area (TPSA) is 110 Å². The summed E-state index contributed by atoms with van der Waals surface area (Å²) in [4.78, 5) is 21.2. The van der Waals surface area contributed by atoms with Gasteiger partial charge in [-0.05, 0) is 80.8 Å². The van der Waals surface area contributed by atoms with Gasteiger partial charge in [0, 0.05) is 18.3 Å². The number of carbonyl (C=O) groups is 1. The van der Waals surface area contributed by atoms with E-state index >= 15 is 4.39 Å². The van der Waals surface area contributed by atoms with Crippen molar-refractivity contribution in [3.8, 4) is 11.3 Å². The molecule has 4 N–H and O–H groups in total. The van der Waals surface area contributed by atoms with Crippen LogP contribution < -0.4 is 16.4 Å². The summed E-state index contributed by atoms with van der Waals surface area (Å²) in [6.07, 6.45) is 8.03. The van der Waals surface area contributed by atoms with Crippen LogP contribution in [0.3, 0.4) is 0 Å². The first-order valence-corrected chi connectivity index (χ1v) is 12.8. The van der Waals surface area contributed by atoms with E-state index in [-0.39, 0.29) is 34.8 Å². The molecule has 3 heterocycles. The van der Waals surface area contributed by atoms with Crippen LogP contribution in [0.5, 0.6) is 0 Å². The van der Waals surface area contributed by atoms with Gasteiger partial charge >= 0.3 is 0 Å². The number of nitrogens with one attached hydrogen (secondary N) is 2. The van der Waals surface area contributed by atoms with E-state index in [9.17, 15) is 9.18 Å². The molecule has 1 amide bonds. The van der Waals surface area contributed by atoms with E-state index in [0.29, 0.717) is 17.4 Å². The van der Waals surface area contributed by atoms with Gasteiger partial charge in [-0.1, -0.05) is 6.92 Å². The lowest BCUT2D eigenvalue weighted by atomic mass is 9.76. The second kappa shape index (κ2) is 10.4. The standard InChI is InChI=1S/C28H31F2N7O/c1-15(2)34-27(38)21-5-6-22(29)25(26(21)30)23-7-4-19-13-33-28(37(19)36-23)35-24-14-32-9-8-20(24)17-10-16(3)11-18(31)12-17/h4-9,13-18H,10-12,31H2,1-3H3,(H,33,35)(H,34,38)/t16-,17+,18-/m0/s1. The van der Waals surface area contributed by atoms with Gasteiger partial charge in [0.25, 0.3) is 5.91 Å². The van der Waals surface area contributed by atoms with Crippen molar-refractivity contribution < 1.29 is 13.6 Å². The van der Waals surface area contributed by atoms with E-state index in [1.165, 1.54) is 10.6 Å². The molecular weight excluding hydrogens is 488 g/mol. The molecule has 1 aliphatic rings. The van der Waals surface area contributed by atoms with Crippen molar-refractivity contribution in [2.45, 2.75) is 58.0 Å². The van der Waals surface area contributed by atoms with Crippen LogP contribution in [-0.4, -0.2) is 37.6 Å². The van der Waals surface area contributed by atoms with Gasteiger partial charge in [-0.2, -0.15) is 9.61 Å². The number of imidazole rings is 1. The summed E-state index contributed by atoms with van der Waals surface area (Å²) >= 11 is 0. The fourth-order valence-electron chi connectivity index (χ4n) is 5.30. The third kappa shape index (κ3) is 5.08. The Morgan fingerprint density at radius 1 is 1.11 bits per heavy atom. The largest absolute Gasteiger partial charge is 0.350 e. The maximum atomic E-state index is 15.4. The van der Waals surface area contributed by atoms with Crippen molar-refractivity contribution in [3.05, 3.63) is 71.7 Å². The third-order valence-corrected chi connectivity index (χ3v) is 6.92. The molecule has 10 heteroatoms. The molecule has 198 valence electrons. The zero-order chi connectivity index (χ0) is 27.0. The maximum absolute atomic E-state index is 15.4. The summed E-state index contributed by atoms with van der Waals surface area (Å²) in [5.74, 6) is -1.24. The number of hydrogen-bond acceptors (Lipinski definition) is 6. The molecule has 0 unspecified atom stereocenters. The van der Waals surface area contributed by atoms with Crippen molar-refractivity contribution in [2.24, 2.45) is 11.7 Å². The Morgan fingerprint density at radius 3 is 2.68 bits per heavy atom. The average molecular weight is 520 g/mol. The van der Waals surface area contributed by atoms with Crippen LogP contribution in [0.4, 0.5) is 20.4 Å². The predicted molar refractivity (Wildman–Crippen MR) is 142 cm³/mol. The van der Waals surface area contributed by atoms with Gasteiger partial charge in [-0.3, -0.25) is 9.78 Å². The lowest BCUT2D eigenvalue weighted by Gasteiger charge is -2.32. The molecule has 3 aromatic heterocycles. The second-order valence-corrected chi connectivity index (χ2v) is 10.4. The summed E-state index contributed by atoms with van der Waals surface area (Å²) in [6.45, 7) is 5.74. The molecule has 1 aromatic carbocycles. The van der Waals surface area contributed by atoms with Crippen LogP contribution in [0, 0.1) is 17.6 Å². The monoisotopic (exact) mass is 519 g/mol. The quantitative estimate of drug-likeness (QED) is 0.324. The summed E-state index contributed by atoms with van der Waals surface area (Å²) in [5.41, 5.74) is 8.22. The number of aromatic nitrogens is 4. The maximum Gasteiger partial charge on any atom is 0.254 e. The summed E-state index contributed by atoms with van der Waals surface area (Å²) in [7, 11) is 0. The molecule has 8 nitrogen and oxygen atoms in total. The number of hydrogen-bond donors (Lipinski definition) is 3. The molecule has 0 saturated heterocycles. The Morgan fingerprint density at radius 2 is 1.92 bits per heavy atom. The first kappa shape index (κ1) is 25.7. The van der Waals surface area contributed by atoms with Gasteiger partial charge in [-0.25, -0.2) is 13.8 Å². The van der Waals surface area contributed by atoms with Gasteiger partial charge in [0.05, 0.1) is 40.4 Å². The Bertz CT molecular complexity index is 1480. The van der Waals surface area contributed by atoms with Crippen molar-refractivity contribution in [1.29, 1.82) is 0 Å². The number of fused-ring (bicyclic) bond motifs is 1. The second-order valence-electron chi connectivity index (χ2n) is 10.4. The minimum Gasteiger partial charge on any atom is -0.350 e. The number of nitrogens with zero attached hydrogens (tertiary/aromatic N) is 4. The molecule has 0 bridgehead atoms. The number of halogens is 2. The zero-order valence-corrected chi connectivity index (χ0v) is 21.6. The molecule has 0 aliphatic heterocycles. The van der Waals surface area contributed by atoms with Gasteiger partial charge < -0.3 is 16.4 Å². The lowest BCUT2D eigenvalue weighted by molar-refractivity contribution is 0.0939. The number of pyridine rings is 1. The van der Waals surface area contributed by atoms with E-state index in [2.05, 4.69) is 32.6 Å². The molecule has 38 heavy (non-hydrogen) atoms. The first-order chi connectivity index (χ1) is 18.2. The smallest absolute Gasteiger partial charge is 0.254 e. The van der Waals surface area contributed by atoms with Crippen LogP contribution in [0.2, 0.25) is 0 Å². The Balaban J connectivity index is 1.51. The fraction of sp³-hybridized carbons (Fsp3) is 0.357. The van der Waals surface area contributed by atoms with Crippen molar-refractivity contribution in [3.63, 3.8) is 0 Å². The van der Waals surface area contributed by atoms with Crippen molar-refractivity contribution >= 4 is 23.1 Å². The van der Waals surface area contributed by atoms with Gasteiger partial charge in [0.2, 0.25) is 5.95 Å². The molecule has 0 spiro atoms. The molecule has 3 atom stereocenters. The number of nitrogens with two attached hydrogens (primary N) is 1. The number of rotatable bonds is 6. The number of carbonyl (C=O) groups excluding carboxylic acids is 1. The Kier molecular flexibility index (Phi) is 7.07. The Hall–Kier alpha value is -3.92. The van der Waals surface area contributed by atoms with Crippen molar-refractivity contribution in [1.82, 2.24) is 24.9 Å². The van der Waals surface area contributed by atoms with E-state index in [1.54, 1.807) is 38.5 Å². The van der Waals surface area contributed by atoms with E-state index in [4.69, 9.17) is 5.73 Å². The number of anilines is 2. The van der Waals surface area contributed by atoms with Crippen LogP contribution in [0.1, 0.15) is 61.9 Å². The normalized spacial score (nSPS) is 19.6. The lowest BCUT2D eigenvalue weighted by Crippen LogP contribution is -2.31. The first-order valence-electron chi connectivity index (χ1n) is 12.8. The number of benzene rings is 1. The zero-order valence-electron chi connectivity index (χ0n) is 21.6. The summed E-state index contributed by atoms with van der Waals surface area (Å²) in [5, 5.41) is 10.4. The summed E-state index contributed by atoms with van der Waals surface area (Å²) < 4.78 is 31.8. The van der Waals surface area contributed by atoms with E-state index in [1.807, 2.05) is 6.07 Å².